The summed E-state index contributed by atoms with van der Waals surface area (Å²) < 4.78 is 36.9. The van der Waals surface area contributed by atoms with E-state index in [-0.39, 0.29) is 11.6 Å². The molecule has 1 saturated carbocycles. The van der Waals surface area contributed by atoms with Gasteiger partial charge in [0.15, 0.2) is 0 Å². The van der Waals surface area contributed by atoms with E-state index in [4.69, 9.17) is 4.74 Å². The number of hydrogen-bond donors (Lipinski definition) is 0. The van der Waals surface area contributed by atoms with Crippen LogP contribution < -0.4 is 5.56 Å². The Morgan fingerprint density at radius 3 is 2.41 bits per heavy atom. The molecule has 2 fully saturated rings. The molecule has 0 spiro atoms. The molecule has 4 aromatic rings. The Bertz CT molecular complexity index is 1350. The number of halogens is 2. The van der Waals surface area contributed by atoms with Crippen molar-refractivity contribution in [2.75, 3.05) is 13.2 Å². The Balaban J connectivity index is 0.000000252. The summed E-state index contributed by atoms with van der Waals surface area (Å²) in [5, 5.41) is 5.32. The molecule has 34 heavy (non-hydrogen) atoms. The second-order valence-electron chi connectivity index (χ2n) is 8.99. The zero-order valence-corrected chi connectivity index (χ0v) is 19.1. The van der Waals surface area contributed by atoms with Gasteiger partial charge in [-0.3, -0.25) is 9.48 Å². The average molecular weight is 464 g/mol. The molecule has 2 aromatic carbocycles. The topological polar surface area (TPSA) is 49.1 Å². The number of benzene rings is 2. The van der Waals surface area contributed by atoms with Crippen LogP contribution in [-0.4, -0.2) is 27.6 Å². The molecular formula is C27H27F2N3O2. The highest BCUT2D eigenvalue weighted by Gasteiger charge is 2.23. The van der Waals surface area contributed by atoms with Crippen LogP contribution in [0.4, 0.5) is 8.78 Å². The van der Waals surface area contributed by atoms with Crippen molar-refractivity contribution in [1.82, 2.24) is 14.3 Å². The lowest BCUT2D eigenvalue weighted by Gasteiger charge is -2.25. The molecule has 0 N–H and O–H groups in total. The largest absolute Gasteiger partial charge is 0.381 e. The Morgan fingerprint density at radius 2 is 1.74 bits per heavy atom. The molecule has 176 valence electrons. The minimum Gasteiger partial charge on any atom is -0.381 e. The maximum Gasteiger partial charge on any atom is 0.258 e. The number of aromatic nitrogens is 3. The minimum atomic E-state index is -0.635. The molecule has 0 atom stereocenters. The van der Waals surface area contributed by atoms with E-state index in [1.165, 1.54) is 25.0 Å². The van der Waals surface area contributed by atoms with Crippen molar-refractivity contribution in [2.24, 2.45) is 0 Å². The highest BCUT2D eigenvalue weighted by molar-refractivity contribution is 5.96. The summed E-state index contributed by atoms with van der Waals surface area (Å²) in [5.41, 5.74) is 1.77. The molecule has 0 unspecified atom stereocenters. The van der Waals surface area contributed by atoms with Gasteiger partial charge in [-0.25, -0.2) is 8.78 Å². The third kappa shape index (κ3) is 4.66. The number of aryl methyl sites for hydroxylation is 1. The summed E-state index contributed by atoms with van der Waals surface area (Å²) in [4.78, 5) is 13.1. The zero-order chi connectivity index (χ0) is 23.7. The van der Waals surface area contributed by atoms with Crippen LogP contribution in [0.25, 0.3) is 21.9 Å². The highest BCUT2D eigenvalue weighted by atomic mass is 19.1. The average Bonchev–Trinajstić information content (AvgIpc) is 3.55. The van der Waals surface area contributed by atoms with Gasteiger partial charge in [0.1, 0.15) is 11.6 Å². The Labute approximate surface area is 196 Å². The van der Waals surface area contributed by atoms with E-state index in [0.717, 1.165) is 30.5 Å². The van der Waals surface area contributed by atoms with Crippen molar-refractivity contribution in [2.45, 2.75) is 44.7 Å². The predicted molar refractivity (Wildman–Crippen MR) is 128 cm³/mol. The van der Waals surface area contributed by atoms with Crippen molar-refractivity contribution >= 4 is 10.8 Å². The van der Waals surface area contributed by atoms with Crippen LogP contribution in [0, 0.1) is 18.6 Å². The van der Waals surface area contributed by atoms with E-state index in [0.29, 0.717) is 35.1 Å². The molecule has 0 amide bonds. The molecule has 3 heterocycles. The molecular weight excluding hydrogens is 436 g/mol. The molecule has 0 radical (unpaired) electrons. The van der Waals surface area contributed by atoms with Crippen molar-refractivity contribution in [3.8, 4) is 11.1 Å². The molecule has 2 aliphatic rings. The van der Waals surface area contributed by atoms with Gasteiger partial charge in [-0.15, -0.1) is 0 Å². The third-order valence-electron chi connectivity index (χ3n) is 6.45. The summed E-state index contributed by atoms with van der Waals surface area (Å²) in [6.45, 7) is 3.12. The molecule has 0 bridgehead atoms. The van der Waals surface area contributed by atoms with E-state index in [1.54, 1.807) is 10.8 Å². The van der Waals surface area contributed by atoms with Crippen molar-refractivity contribution in [3.05, 3.63) is 88.6 Å². The second-order valence-corrected chi connectivity index (χ2v) is 8.99. The van der Waals surface area contributed by atoms with E-state index < -0.39 is 11.6 Å². The van der Waals surface area contributed by atoms with Crippen LogP contribution in [0.15, 0.2) is 65.8 Å². The maximum absolute atomic E-state index is 14.5. The van der Waals surface area contributed by atoms with Crippen molar-refractivity contribution < 1.29 is 13.5 Å². The van der Waals surface area contributed by atoms with Crippen LogP contribution >= 0.6 is 0 Å². The molecule has 2 aromatic heterocycles. The van der Waals surface area contributed by atoms with Crippen LogP contribution in [0.2, 0.25) is 0 Å². The number of pyridine rings is 1. The fourth-order valence-electron chi connectivity index (χ4n) is 4.47. The van der Waals surface area contributed by atoms with Gasteiger partial charge in [-0.2, -0.15) is 5.10 Å². The smallest absolute Gasteiger partial charge is 0.258 e. The molecule has 1 saturated heterocycles. The summed E-state index contributed by atoms with van der Waals surface area (Å²) in [7, 11) is 0. The molecule has 1 aliphatic heterocycles. The van der Waals surface area contributed by atoms with Crippen LogP contribution in [-0.2, 0) is 4.74 Å². The lowest BCUT2D eigenvalue weighted by atomic mass is 9.98. The Kier molecular flexibility index (Phi) is 6.28. The van der Waals surface area contributed by atoms with Gasteiger partial charge < -0.3 is 9.30 Å². The monoisotopic (exact) mass is 463 g/mol. The SMILES string of the molecule is Cc1ccc2c(-c3ccc(F)cc3F)cn(C3CCOCC3)c(=O)c2c1.c1cnn(C2CC2)c1. The third-order valence-corrected chi connectivity index (χ3v) is 6.45. The molecule has 7 heteroatoms. The second kappa shape index (κ2) is 9.50. The zero-order valence-electron chi connectivity index (χ0n) is 19.1. The number of rotatable bonds is 3. The van der Waals surface area contributed by atoms with Gasteiger partial charge in [0.05, 0.1) is 6.04 Å². The maximum atomic E-state index is 14.5. The first-order chi connectivity index (χ1) is 16.5. The fraction of sp³-hybridized carbons (Fsp3) is 0.333. The molecule has 5 nitrogen and oxygen atoms in total. The summed E-state index contributed by atoms with van der Waals surface area (Å²) in [5.74, 6) is -1.26. The molecule has 1 aliphatic carbocycles. The quantitative estimate of drug-likeness (QED) is 0.384. The fourth-order valence-corrected chi connectivity index (χ4v) is 4.47. The standard InChI is InChI=1S/C21H19F2NO2.C6H8N2/c1-13-2-4-16-18(10-13)21(25)24(15-6-8-26-9-7-15)12-19(16)17-5-3-14(22)11-20(17)23;1-4-7-8(5-1)6-2-3-6/h2-5,10-12,15H,6-9H2,1H3;1,4-6H,2-3H2. The van der Waals surface area contributed by atoms with Crippen LogP contribution in [0.3, 0.4) is 0 Å². The van der Waals surface area contributed by atoms with Gasteiger partial charge in [0, 0.05) is 60.4 Å². The van der Waals surface area contributed by atoms with E-state index in [9.17, 15) is 13.6 Å². The van der Waals surface area contributed by atoms with Crippen LogP contribution in [0.5, 0.6) is 0 Å². The van der Waals surface area contributed by atoms with Gasteiger partial charge in [-0.05, 0) is 62.3 Å². The number of ether oxygens (including phenoxy) is 1. The Hall–Kier alpha value is -3.32. The lowest BCUT2D eigenvalue weighted by Crippen LogP contribution is -2.29. The first kappa shape index (κ1) is 22.5. The minimum absolute atomic E-state index is 0.0171. The summed E-state index contributed by atoms with van der Waals surface area (Å²) in [6.07, 6.45) is 9.69. The van der Waals surface area contributed by atoms with Gasteiger partial charge in [0.2, 0.25) is 0 Å². The highest BCUT2D eigenvalue weighted by Crippen LogP contribution is 2.33. The number of fused-ring (bicyclic) bond motifs is 1. The first-order valence-electron chi connectivity index (χ1n) is 11.7. The normalized spacial score (nSPS) is 16.3. The van der Waals surface area contributed by atoms with Gasteiger partial charge >= 0.3 is 0 Å². The predicted octanol–water partition coefficient (Wildman–Crippen LogP) is 5.82. The van der Waals surface area contributed by atoms with E-state index in [1.807, 2.05) is 48.3 Å². The summed E-state index contributed by atoms with van der Waals surface area (Å²) >= 11 is 0. The summed E-state index contributed by atoms with van der Waals surface area (Å²) in [6, 6.07) is 11.8. The van der Waals surface area contributed by atoms with Crippen molar-refractivity contribution in [1.29, 1.82) is 0 Å². The van der Waals surface area contributed by atoms with E-state index >= 15 is 0 Å². The van der Waals surface area contributed by atoms with E-state index in [2.05, 4.69) is 5.10 Å². The Morgan fingerprint density at radius 1 is 0.941 bits per heavy atom. The van der Waals surface area contributed by atoms with Gasteiger partial charge in [-0.1, -0.05) is 17.7 Å². The molecule has 6 rings (SSSR count). The van der Waals surface area contributed by atoms with Crippen molar-refractivity contribution in [3.63, 3.8) is 0 Å². The lowest BCUT2D eigenvalue weighted by molar-refractivity contribution is 0.0688. The first-order valence-corrected chi connectivity index (χ1v) is 11.7. The number of nitrogens with zero attached hydrogens (tertiary/aromatic N) is 3. The van der Waals surface area contributed by atoms with Gasteiger partial charge in [0.25, 0.3) is 5.56 Å². The number of hydrogen-bond acceptors (Lipinski definition) is 3. The van der Waals surface area contributed by atoms with Crippen LogP contribution in [0.1, 0.15) is 43.3 Å².